The SMILES string of the molecule is Cc1nn(C)c(=S)n(C)c1=S. The number of hydrogen-bond acceptors (Lipinski definition) is 3. The Kier molecular flexibility index (Phi) is 2.20. The van der Waals surface area contributed by atoms with Crippen LogP contribution in [0.1, 0.15) is 5.69 Å². The van der Waals surface area contributed by atoms with Gasteiger partial charge in [-0.05, 0) is 19.1 Å². The summed E-state index contributed by atoms with van der Waals surface area (Å²) >= 11 is 10.1. The topological polar surface area (TPSA) is 22.8 Å². The minimum absolute atomic E-state index is 0.639. The lowest BCUT2D eigenvalue weighted by Gasteiger charge is -2.04. The molecule has 0 aliphatic heterocycles. The number of hydrogen-bond donors (Lipinski definition) is 0. The van der Waals surface area contributed by atoms with E-state index in [4.69, 9.17) is 24.4 Å². The van der Waals surface area contributed by atoms with Gasteiger partial charge in [-0.15, -0.1) is 0 Å². The molecule has 0 aliphatic carbocycles. The summed E-state index contributed by atoms with van der Waals surface area (Å²) in [5, 5.41) is 4.12. The third-order valence-corrected chi connectivity index (χ3v) is 2.59. The first kappa shape index (κ1) is 8.55. The van der Waals surface area contributed by atoms with Crippen molar-refractivity contribution in [2.24, 2.45) is 14.1 Å². The summed E-state index contributed by atoms with van der Waals surface area (Å²) in [6.07, 6.45) is 0. The molecule has 11 heavy (non-hydrogen) atoms. The second-order valence-electron chi connectivity index (χ2n) is 2.36. The smallest absolute Gasteiger partial charge is 0.196 e. The van der Waals surface area contributed by atoms with E-state index in [1.807, 2.05) is 21.0 Å². The molecular formula is C6H9N3S2. The lowest BCUT2D eigenvalue weighted by atomic mass is 10.5. The molecular weight excluding hydrogens is 178 g/mol. The van der Waals surface area contributed by atoms with Crippen LogP contribution in [0.4, 0.5) is 0 Å². The average Bonchev–Trinajstić information content (AvgIpc) is 1.97. The average molecular weight is 187 g/mol. The van der Waals surface area contributed by atoms with Gasteiger partial charge < -0.3 is 4.57 Å². The summed E-state index contributed by atoms with van der Waals surface area (Å²) in [6.45, 7) is 1.87. The summed E-state index contributed by atoms with van der Waals surface area (Å²) in [5.41, 5.74) is 0.832. The summed E-state index contributed by atoms with van der Waals surface area (Å²) in [7, 11) is 3.66. The van der Waals surface area contributed by atoms with Crippen molar-refractivity contribution in [1.29, 1.82) is 0 Å². The van der Waals surface area contributed by atoms with Crippen LogP contribution in [0.15, 0.2) is 0 Å². The molecule has 0 fully saturated rings. The summed E-state index contributed by atoms with van der Waals surface area (Å²) < 4.78 is 4.75. The van der Waals surface area contributed by atoms with Crippen LogP contribution < -0.4 is 0 Å². The number of rotatable bonds is 0. The monoisotopic (exact) mass is 187 g/mol. The first-order valence-electron chi connectivity index (χ1n) is 3.15. The Morgan fingerprint density at radius 2 is 1.82 bits per heavy atom. The van der Waals surface area contributed by atoms with Gasteiger partial charge in [0.1, 0.15) is 4.64 Å². The number of aromatic nitrogens is 3. The first-order chi connectivity index (χ1) is 5.04. The van der Waals surface area contributed by atoms with E-state index in [0.29, 0.717) is 9.41 Å². The molecule has 60 valence electrons. The van der Waals surface area contributed by atoms with Gasteiger partial charge in [0.2, 0.25) is 0 Å². The molecule has 1 aromatic heterocycles. The van der Waals surface area contributed by atoms with Gasteiger partial charge >= 0.3 is 0 Å². The predicted molar refractivity (Wildman–Crippen MR) is 48.6 cm³/mol. The van der Waals surface area contributed by atoms with Gasteiger partial charge in [0.15, 0.2) is 4.77 Å². The molecule has 5 heteroatoms. The van der Waals surface area contributed by atoms with Gasteiger partial charge in [-0.1, -0.05) is 12.2 Å². The van der Waals surface area contributed by atoms with Crippen LogP contribution in [-0.4, -0.2) is 14.3 Å². The molecule has 3 nitrogen and oxygen atoms in total. The molecule has 1 rings (SSSR count). The van der Waals surface area contributed by atoms with Crippen LogP contribution in [0.25, 0.3) is 0 Å². The van der Waals surface area contributed by atoms with E-state index in [0.717, 1.165) is 5.69 Å². The molecule has 0 radical (unpaired) electrons. The Morgan fingerprint density at radius 3 is 2.36 bits per heavy atom. The molecule has 1 heterocycles. The quantitative estimate of drug-likeness (QED) is 0.575. The van der Waals surface area contributed by atoms with Gasteiger partial charge in [-0.3, -0.25) is 0 Å². The highest BCUT2D eigenvalue weighted by molar-refractivity contribution is 7.72. The van der Waals surface area contributed by atoms with Crippen LogP contribution in [0, 0.1) is 16.3 Å². The molecule has 0 saturated carbocycles. The zero-order chi connectivity index (χ0) is 8.59. The van der Waals surface area contributed by atoms with Crippen LogP contribution in [0.3, 0.4) is 0 Å². The van der Waals surface area contributed by atoms with E-state index in [2.05, 4.69) is 5.10 Å². The van der Waals surface area contributed by atoms with E-state index in [9.17, 15) is 0 Å². The molecule has 0 spiro atoms. The van der Waals surface area contributed by atoms with Crippen LogP contribution in [0.2, 0.25) is 0 Å². The van der Waals surface area contributed by atoms with Gasteiger partial charge in [-0.25, -0.2) is 4.68 Å². The van der Waals surface area contributed by atoms with E-state index in [1.165, 1.54) is 0 Å². The van der Waals surface area contributed by atoms with Gasteiger partial charge in [0.05, 0.1) is 5.69 Å². The third-order valence-electron chi connectivity index (χ3n) is 1.48. The molecule has 0 aliphatic rings. The maximum Gasteiger partial charge on any atom is 0.196 e. The Balaban J connectivity index is 3.74. The summed E-state index contributed by atoms with van der Waals surface area (Å²) in [5.74, 6) is 0. The molecule has 1 aromatic rings. The van der Waals surface area contributed by atoms with Crippen molar-refractivity contribution in [2.75, 3.05) is 0 Å². The minimum atomic E-state index is 0.639. The van der Waals surface area contributed by atoms with Crippen LogP contribution in [-0.2, 0) is 14.1 Å². The van der Waals surface area contributed by atoms with E-state index in [-0.39, 0.29) is 0 Å². The molecule has 0 saturated heterocycles. The Hall–Kier alpha value is -0.550. The predicted octanol–water partition coefficient (Wildman–Crippen LogP) is 1.53. The van der Waals surface area contributed by atoms with Crippen molar-refractivity contribution in [3.63, 3.8) is 0 Å². The molecule has 0 atom stereocenters. The largest absolute Gasteiger partial charge is 0.310 e. The van der Waals surface area contributed by atoms with Crippen molar-refractivity contribution in [3.05, 3.63) is 15.1 Å². The second kappa shape index (κ2) is 2.83. The van der Waals surface area contributed by atoms with E-state index < -0.39 is 0 Å². The highest BCUT2D eigenvalue weighted by Crippen LogP contribution is 1.96. The zero-order valence-electron chi connectivity index (χ0n) is 6.66. The second-order valence-corrected chi connectivity index (χ2v) is 3.11. The molecule has 0 unspecified atom stereocenters. The Labute approximate surface area is 75.3 Å². The van der Waals surface area contributed by atoms with Crippen molar-refractivity contribution in [1.82, 2.24) is 14.3 Å². The van der Waals surface area contributed by atoms with E-state index >= 15 is 0 Å². The Morgan fingerprint density at radius 1 is 1.27 bits per heavy atom. The molecule has 0 aromatic carbocycles. The van der Waals surface area contributed by atoms with Gasteiger partial charge in [0.25, 0.3) is 0 Å². The molecule has 0 N–H and O–H groups in total. The molecule has 0 bridgehead atoms. The summed E-state index contributed by atoms with van der Waals surface area (Å²) in [6, 6.07) is 0. The number of aryl methyl sites for hydroxylation is 2. The van der Waals surface area contributed by atoms with Crippen molar-refractivity contribution in [3.8, 4) is 0 Å². The van der Waals surface area contributed by atoms with Crippen LogP contribution in [0.5, 0.6) is 0 Å². The van der Waals surface area contributed by atoms with Gasteiger partial charge in [-0.2, -0.15) is 5.10 Å². The fraction of sp³-hybridized carbons (Fsp3) is 0.500. The lowest BCUT2D eigenvalue weighted by Crippen LogP contribution is -2.10. The highest BCUT2D eigenvalue weighted by Gasteiger charge is 1.96. The maximum absolute atomic E-state index is 5.06. The fourth-order valence-electron chi connectivity index (χ4n) is 0.857. The maximum atomic E-state index is 5.06. The Bertz CT molecular complexity index is 354. The van der Waals surface area contributed by atoms with Crippen molar-refractivity contribution >= 4 is 24.4 Å². The minimum Gasteiger partial charge on any atom is -0.310 e. The zero-order valence-corrected chi connectivity index (χ0v) is 8.29. The normalized spacial score (nSPS) is 10.1. The third kappa shape index (κ3) is 1.39. The molecule has 0 amide bonds. The number of nitrogens with zero attached hydrogens (tertiary/aromatic N) is 3. The van der Waals surface area contributed by atoms with Gasteiger partial charge in [0, 0.05) is 14.1 Å². The standard InChI is InChI=1S/C6H9N3S2/c1-4-5(10)8(2)6(11)9(3)7-4/h1-3H3. The van der Waals surface area contributed by atoms with E-state index in [1.54, 1.807) is 9.25 Å². The summed E-state index contributed by atoms with van der Waals surface area (Å²) in [4.78, 5) is 0. The van der Waals surface area contributed by atoms with Crippen LogP contribution >= 0.6 is 24.4 Å². The first-order valence-corrected chi connectivity index (χ1v) is 3.96. The highest BCUT2D eigenvalue weighted by atomic mass is 32.1. The lowest BCUT2D eigenvalue weighted by molar-refractivity contribution is 0.622. The van der Waals surface area contributed by atoms with Crippen molar-refractivity contribution in [2.45, 2.75) is 6.92 Å². The van der Waals surface area contributed by atoms with Crippen molar-refractivity contribution < 1.29 is 0 Å². The fourth-order valence-corrected chi connectivity index (χ4v) is 1.17.